The molecule has 0 spiro atoms. The van der Waals surface area contributed by atoms with E-state index in [-0.39, 0.29) is 0 Å². The lowest BCUT2D eigenvalue weighted by Gasteiger charge is -2.18. The van der Waals surface area contributed by atoms with Crippen LogP contribution in [0.5, 0.6) is 0 Å². The summed E-state index contributed by atoms with van der Waals surface area (Å²) in [5.74, 6) is 0.979. The van der Waals surface area contributed by atoms with Gasteiger partial charge in [0.25, 0.3) is 0 Å². The van der Waals surface area contributed by atoms with E-state index in [1.54, 1.807) is 0 Å². The molecular formula is C9H14IN3. The van der Waals surface area contributed by atoms with E-state index in [2.05, 4.69) is 43.6 Å². The number of hydrogen-bond donors (Lipinski definition) is 0. The van der Waals surface area contributed by atoms with Gasteiger partial charge in [-0.15, -0.1) is 0 Å². The lowest BCUT2D eigenvalue weighted by atomic mass is 10.3. The molecule has 72 valence electrons. The zero-order valence-corrected chi connectivity index (χ0v) is 10.4. The van der Waals surface area contributed by atoms with Crippen LogP contribution in [0, 0.1) is 3.70 Å². The van der Waals surface area contributed by atoms with Gasteiger partial charge >= 0.3 is 0 Å². The van der Waals surface area contributed by atoms with Crippen LogP contribution >= 0.6 is 22.6 Å². The molecule has 1 heterocycles. The number of likely N-dealkylation sites (N-methyl/N-ethyl adjacent to an activating group) is 1. The van der Waals surface area contributed by atoms with Gasteiger partial charge in [-0.1, -0.05) is 12.2 Å². The minimum Gasteiger partial charge on any atom is -0.341 e. The van der Waals surface area contributed by atoms with E-state index in [4.69, 9.17) is 0 Å². The van der Waals surface area contributed by atoms with E-state index in [1.165, 1.54) is 0 Å². The van der Waals surface area contributed by atoms with E-state index in [0.29, 0.717) is 0 Å². The van der Waals surface area contributed by atoms with Crippen LogP contribution in [-0.4, -0.2) is 23.1 Å². The molecule has 4 heteroatoms. The summed E-state index contributed by atoms with van der Waals surface area (Å²) in [6.45, 7) is 6.74. The van der Waals surface area contributed by atoms with Gasteiger partial charge in [-0.25, -0.2) is 4.98 Å². The summed E-state index contributed by atoms with van der Waals surface area (Å²) in [6, 6.07) is 0. The maximum absolute atomic E-state index is 4.31. The van der Waals surface area contributed by atoms with Crippen LogP contribution < -0.4 is 4.90 Å². The molecule has 0 bridgehead atoms. The van der Waals surface area contributed by atoms with E-state index >= 15 is 0 Å². The first kappa shape index (κ1) is 10.6. The molecule has 13 heavy (non-hydrogen) atoms. The highest BCUT2D eigenvalue weighted by atomic mass is 127. The van der Waals surface area contributed by atoms with Crippen LogP contribution in [0.3, 0.4) is 0 Å². The Balaban J connectivity index is 2.82. The number of nitrogens with zero attached hydrogens (tertiary/aromatic N) is 3. The third-order valence-electron chi connectivity index (χ3n) is 1.76. The molecule has 0 atom stereocenters. The predicted octanol–water partition coefficient (Wildman–Crippen LogP) is 2.04. The van der Waals surface area contributed by atoms with Crippen LogP contribution in [-0.2, 0) is 7.05 Å². The van der Waals surface area contributed by atoms with Gasteiger partial charge < -0.3 is 9.47 Å². The Morgan fingerprint density at radius 2 is 2.38 bits per heavy atom. The second-order valence-electron chi connectivity index (χ2n) is 3.25. The summed E-state index contributed by atoms with van der Waals surface area (Å²) in [7, 11) is 4.03. The second kappa shape index (κ2) is 4.13. The first-order valence-electron chi connectivity index (χ1n) is 4.05. The Bertz CT molecular complexity index is 317. The molecule has 1 aromatic rings. The molecule has 1 aromatic heterocycles. The average Bonchev–Trinajstić information content (AvgIpc) is 2.31. The van der Waals surface area contributed by atoms with E-state index in [9.17, 15) is 0 Å². The van der Waals surface area contributed by atoms with Crippen LogP contribution in [0.2, 0.25) is 0 Å². The summed E-state index contributed by atoms with van der Waals surface area (Å²) in [5, 5.41) is 0. The molecule has 0 fully saturated rings. The first-order valence-corrected chi connectivity index (χ1v) is 5.13. The van der Waals surface area contributed by atoms with Crippen molar-refractivity contribution in [2.45, 2.75) is 6.92 Å². The Labute approximate surface area is 92.6 Å². The Morgan fingerprint density at radius 1 is 1.77 bits per heavy atom. The SMILES string of the molecule is C=C(C)CN(C)c1ncc(I)n1C. The van der Waals surface area contributed by atoms with Gasteiger partial charge in [0.1, 0.15) is 3.70 Å². The summed E-state index contributed by atoms with van der Waals surface area (Å²) >= 11 is 2.26. The van der Waals surface area contributed by atoms with Crippen molar-refractivity contribution in [2.24, 2.45) is 7.05 Å². The zero-order valence-electron chi connectivity index (χ0n) is 8.21. The highest BCUT2D eigenvalue weighted by molar-refractivity contribution is 14.1. The van der Waals surface area contributed by atoms with Crippen molar-refractivity contribution < 1.29 is 0 Å². The fourth-order valence-electron chi connectivity index (χ4n) is 1.21. The van der Waals surface area contributed by atoms with Gasteiger partial charge in [0.05, 0.1) is 6.20 Å². The molecule has 0 saturated carbocycles. The van der Waals surface area contributed by atoms with Crippen molar-refractivity contribution in [3.05, 3.63) is 22.0 Å². The molecule has 0 aliphatic carbocycles. The number of aromatic nitrogens is 2. The molecule has 0 radical (unpaired) electrons. The van der Waals surface area contributed by atoms with E-state index in [0.717, 1.165) is 21.8 Å². The van der Waals surface area contributed by atoms with Gasteiger partial charge in [-0.05, 0) is 29.5 Å². The summed E-state index contributed by atoms with van der Waals surface area (Å²) in [6.07, 6.45) is 1.87. The lowest BCUT2D eigenvalue weighted by molar-refractivity contribution is 0.820. The smallest absolute Gasteiger partial charge is 0.206 e. The van der Waals surface area contributed by atoms with E-state index in [1.807, 2.05) is 27.2 Å². The average molecular weight is 291 g/mol. The van der Waals surface area contributed by atoms with Crippen molar-refractivity contribution in [1.82, 2.24) is 9.55 Å². The molecule has 0 aliphatic heterocycles. The minimum atomic E-state index is 0.848. The van der Waals surface area contributed by atoms with Crippen LogP contribution in [0.15, 0.2) is 18.3 Å². The fraction of sp³-hybridized carbons (Fsp3) is 0.444. The predicted molar refractivity (Wildman–Crippen MR) is 64.0 cm³/mol. The largest absolute Gasteiger partial charge is 0.341 e. The molecule has 0 N–H and O–H groups in total. The van der Waals surface area contributed by atoms with Crippen LogP contribution in [0.25, 0.3) is 0 Å². The Morgan fingerprint density at radius 3 is 2.77 bits per heavy atom. The highest BCUT2D eigenvalue weighted by Crippen LogP contribution is 2.14. The van der Waals surface area contributed by atoms with Gasteiger partial charge in [-0.2, -0.15) is 0 Å². The third-order valence-corrected chi connectivity index (χ3v) is 2.76. The molecule has 0 amide bonds. The third kappa shape index (κ3) is 2.46. The number of imidazole rings is 1. The maximum atomic E-state index is 4.31. The number of anilines is 1. The van der Waals surface area contributed by atoms with Crippen molar-refractivity contribution >= 4 is 28.5 Å². The monoisotopic (exact) mass is 291 g/mol. The number of halogens is 1. The summed E-state index contributed by atoms with van der Waals surface area (Å²) in [4.78, 5) is 6.40. The first-order chi connectivity index (χ1) is 6.02. The molecular weight excluding hydrogens is 277 g/mol. The number of rotatable bonds is 3. The number of hydrogen-bond acceptors (Lipinski definition) is 2. The molecule has 0 aliphatic rings. The zero-order chi connectivity index (χ0) is 10.0. The normalized spacial score (nSPS) is 10.2. The second-order valence-corrected chi connectivity index (χ2v) is 4.36. The van der Waals surface area contributed by atoms with Gasteiger partial charge in [0.2, 0.25) is 5.95 Å². The van der Waals surface area contributed by atoms with Crippen molar-refractivity contribution in [1.29, 1.82) is 0 Å². The molecule has 3 nitrogen and oxygen atoms in total. The Hall–Kier alpha value is -0.520. The van der Waals surface area contributed by atoms with Gasteiger partial charge in [0, 0.05) is 20.6 Å². The fourth-order valence-corrected chi connectivity index (χ4v) is 1.56. The standard InChI is InChI=1S/C9H14IN3/c1-7(2)6-12(3)9-11-5-8(10)13(9)4/h5H,1,6H2,2-4H3. The molecule has 0 saturated heterocycles. The molecule has 1 rings (SSSR count). The highest BCUT2D eigenvalue weighted by Gasteiger charge is 2.08. The van der Waals surface area contributed by atoms with Gasteiger partial charge in [-0.3, -0.25) is 0 Å². The van der Waals surface area contributed by atoms with Crippen molar-refractivity contribution in [2.75, 3.05) is 18.5 Å². The van der Waals surface area contributed by atoms with Crippen LogP contribution in [0.1, 0.15) is 6.92 Å². The molecule has 0 unspecified atom stereocenters. The quantitative estimate of drug-likeness (QED) is 0.627. The maximum Gasteiger partial charge on any atom is 0.206 e. The summed E-state index contributed by atoms with van der Waals surface area (Å²) < 4.78 is 3.20. The molecule has 0 aromatic carbocycles. The van der Waals surface area contributed by atoms with Gasteiger partial charge in [0.15, 0.2) is 0 Å². The van der Waals surface area contributed by atoms with E-state index < -0.39 is 0 Å². The minimum absolute atomic E-state index is 0.848. The lowest BCUT2D eigenvalue weighted by Crippen LogP contribution is -2.22. The van der Waals surface area contributed by atoms with Crippen molar-refractivity contribution in [3.63, 3.8) is 0 Å². The van der Waals surface area contributed by atoms with Crippen molar-refractivity contribution in [3.8, 4) is 0 Å². The topological polar surface area (TPSA) is 21.1 Å². The summed E-state index contributed by atoms with van der Waals surface area (Å²) in [5.41, 5.74) is 1.14. The van der Waals surface area contributed by atoms with Crippen LogP contribution in [0.4, 0.5) is 5.95 Å². The Kier molecular flexibility index (Phi) is 3.35.